The van der Waals surface area contributed by atoms with Gasteiger partial charge in [0.1, 0.15) is 5.82 Å². The standard InChI is InChI=1S/C21H18N8O2/c1-2-16-22-19-17(20(30)24-21(31)23-19)29(16)11-12-7-9-13(10-8-12)14-5-3-4-6-15(14)18-25-27-28-26-18/h3-10H,2,11H2,1H3,(H2,23,24,30,31)(H,25,26,27,28). The van der Waals surface area contributed by atoms with Gasteiger partial charge in [-0.25, -0.2) is 9.78 Å². The molecule has 10 heteroatoms. The zero-order chi connectivity index (χ0) is 21.4. The van der Waals surface area contributed by atoms with E-state index in [0.717, 1.165) is 28.1 Å². The number of benzene rings is 2. The van der Waals surface area contributed by atoms with Gasteiger partial charge in [0.2, 0.25) is 5.82 Å². The van der Waals surface area contributed by atoms with E-state index in [1.54, 1.807) is 0 Å². The number of hydrogen-bond acceptors (Lipinski definition) is 6. The number of aromatic nitrogens is 8. The zero-order valence-corrected chi connectivity index (χ0v) is 16.6. The van der Waals surface area contributed by atoms with E-state index in [1.165, 1.54) is 0 Å². The highest BCUT2D eigenvalue weighted by atomic mass is 16.2. The van der Waals surface area contributed by atoms with Crippen molar-refractivity contribution in [3.05, 3.63) is 80.8 Å². The van der Waals surface area contributed by atoms with Crippen LogP contribution in [-0.2, 0) is 13.0 Å². The van der Waals surface area contributed by atoms with Crippen molar-refractivity contribution >= 4 is 11.2 Å². The molecule has 154 valence electrons. The van der Waals surface area contributed by atoms with Crippen LogP contribution in [0, 0.1) is 0 Å². The monoisotopic (exact) mass is 414 g/mol. The number of imidazole rings is 1. The molecule has 3 N–H and O–H groups in total. The number of tetrazole rings is 1. The lowest BCUT2D eigenvalue weighted by atomic mass is 9.98. The lowest BCUT2D eigenvalue weighted by Gasteiger charge is -2.10. The van der Waals surface area contributed by atoms with Crippen LogP contribution in [0.2, 0.25) is 0 Å². The Morgan fingerprint density at radius 3 is 2.45 bits per heavy atom. The van der Waals surface area contributed by atoms with Gasteiger partial charge in [0.15, 0.2) is 11.2 Å². The number of fused-ring (bicyclic) bond motifs is 1. The highest BCUT2D eigenvalue weighted by Crippen LogP contribution is 2.30. The van der Waals surface area contributed by atoms with Crippen molar-refractivity contribution in [2.24, 2.45) is 0 Å². The van der Waals surface area contributed by atoms with Crippen LogP contribution >= 0.6 is 0 Å². The molecule has 0 saturated carbocycles. The second kappa shape index (κ2) is 7.48. The van der Waals surface area contributed by atoms with Gasteiger partial charge in [-0.3, -0.25) is 14.8 Å². The molecule has 0 unspecified atom stereocenters. The predicted molar refractivity (Wildman–Crippen MR) is 115 cm³/mol. The van der Waals surface area contributed by atoms with Gasteiger partial charge < -0.3 is 4.57 Å². The molecule has 0 fully saturated rings. The third-order valence-electron chi connectivity index (χ3n) is 5.16. The second-order valence-corrected chi connectivity index (χ2v) is 7.05. The van der Waals surface area contributed by atoms with Crippen LogP contribution in [-0.4, -0.2) is 40.1 Å². The van der Waals surface area contributed by atoms with Crippen LogP contribution in [0.25, 0.3) is 33.7 Å². The van der Waals surface area contributed by atoms with E-state index < -0.39 is 11.2 Å². The summed E-state index contributed by atoms with van der Waals surface area (Å²) in [6, 6.07) is 15.9. The molecule has 3 heterocycles. The Hall–Kier alpha value is -4.34. The molecule has 0 saturated heterocycles. The summed E-state index contributed by atoms with van der Waals surface area (Å²) in [6.45, 7) is 2.42. The van der Waals surface area contributed by atoms with Gasteiger partial charge in [0.05, 0.1) is 0 Å². The number of rotatable bonds is 5. The van der Waals surface area contributed by atoms with Crippen LogP contribution in [0.15, 0.2) is 58.1 Å². The number of hydrogen-bond donors (Lipinski definition) is 3. The quantitative estimate of drug-likeness (QED) is 0.401. The SMILES string of the molecule is CCc1nc2[nH]c(=O)[nH]c(=O)c2n1Cc1ccc(-c2ccccc2-c2nn[nH]n2)cc1. The largest absolute Gasteiger partial charge is 0.327 e. The summed E-state index contributed by atoms with van der Waals surface area (Å²) in [5.74, 6) is 1.26. The van der Waals surface area contributed by atoms with Crippen LogP contribution in [0.3, 0.4) is 0 Å². The molecule has 3 aromatic heterocycles. The topological polar surface area (TPSA) is 138 Å². The highest BCUT2D eigenvalue weighted by molar-refractivity contribution is 5.80. The van der Waals surface area contributed by atoms with Gasteiger partial charge >= 0.3 is 5.69 Å². The van der Waals surface area contributed by atoms with Crippen molar-refractivity contribution in [1.29, 1.82) is 0 Å². The van der Waals surface area contributed by atoms with Gasteiger partial charge in [-0.1, -0.05) is 55.5 Å². The molecule has 2 aromatic carbocycles. The van der Waals surface area contributed by atoms with E-state index in [9.17, 15) is 9.59 Å². The normalized spacial score (nSPS) is 11.3. The van der Waals surface area contributed by atoms with Crippen LogP contribution in [0.4, 0.5) is 0 Å². The highest BCUT2D eigenvalue weighted by Gasteiger charge is 2.15. The minimum atomic E-state index is -0.561. The Balaban J connectivity index is 1.52. The van der Waals surface area contributed by atoms with Gasteiger partial charge in [-0.2, -0.15) is 5.21 Å². The first-order chi connectivity index (χ1) is 15.1. The van der Waals surface area contributed by atoms with Gasteiger partial charge in [-0.05, 0) is 21.9 Å². The van der Waals surface area contributed by atoms with Gasteiger partial charge in [-0.15, -0.1) is 10.2 Å². The Morgan fingerprint density at radius 1 is 0.968 bits per heavy atom. The van der Waals surface area contributed by atoms with Gasteiger partial charge in [0.25, 0.3) is 5.56 Å². The Labute approximate surface area is 175 Å². The Morgan fingerprint density at radius 2 is 1.74 bits per heavy atom. The molecule has 0 bridgehead atoms. The summed E-state index contributed by atoms with van der Waals surface area (Å²) in [5, 5.41) is 14.3. The summed E-state index contributed by atoms with van der Waals surface area (Å²) in [4.78, 5) is 33.3. The van der Waals surface area contributed by atoms with Crippen molar-refractivity contribution < 1.29 is 0 Å². The Bertz CT molecular complexity index is 1480. The molecular formula is C21H18N8O2. The second-order valence-electron chi connectivity index (χ2n) is 7.05. The molecule has 0 atom stereocenters. The molecule has 0 aliphatic rings. The Kier molecular flexibility index (Phi) is 4.51. The molecular weight excluding hydrogens is 396 g/mol. The summed E-state index contributed by atoms with van der Waals surface area (Å²) >= 11 is 0. The fourth-order valence-electron chi connectivity index (χ4n) is 3.74. The first kappa shape index (κ1) is 18.7. The van der Waals surface area contributed by atoms with Crippen molar-refractivity contribution in [3.63, 3.8) is 0 Å². The van der Waals surface area contributed by atoms with Crippen molar-refractivity contribution in [3.8, 4) is 22.5 Å². The maximum absolute atomic E-state index is 12.4. The van der Waals surface area contributed by atoms with Gasteiger partial charge in [0, 0.05) is 18.5 Å². The van der Waals surface area contributed by atoms with E-state index in [0.29, 0.717) is 30.0 Å². The molecule has 10 nitrogen and oxygen atoms in total. The van der Waals surface area contributed by atoms with Crippen LogP contribution in [0.5, 0.6) is 0 Å². The van der Waals surface area contributed by atoms with E-state index in [2.05, 4.69) is 35.6 Å². The molecule has 5 rings (SSSR count). The van der Waals surface area contributed by atoms with Crippen molar-refractivity contribution in [2.45, 2.75) is 19.9 Å². The number of nitrogens with zero attached hydrogens (tertiary/aromatic N) is 5. The number of H-pyrrole nitrogens is 3. The molecule has 0 radical (unpaired) electrons. The van der Waals surface area contributed by atoms with Crippen molar-refractivity contribution in [2.75, 3.05) is 0 Å². The molecule has 31 heavy (non-hydrogen) atoms. The van der Waals surface area contributed by atoms with E-state index in [4.69, 9.17) is 0 Å². The summed E-state index contributed by atoms with van der Waals surface area (Å²) in [7, 11) is 0. The third kappa shape index (κ3) is 3.33. The lowest BCUT2D eigenvalue weighted by molar-refractivity contribution is 0.750. The van der Waals surface area contributed by atoms with E-state index in [1.807, 2.05) is 60.0 Å². The number of nitrogens with one attached hydrogen (secondary N) is 3. The minimum Gasteiger partial charge on any atom is -0.318 e. The summed E-state index contributed by atoms with van der Waals surface area (Å²) in [6.07, 6.45) is 0.631. The van der Waals surface area contributed by atoms with E-state index in [-0.39, 0.29) is 0 Å². The van der Waals surface area contributed by atoms with Crippen LogP contribution < -0.4 is 11.2 Å². The smallest absolute Gasteiger partial charge is 0.318 e. The molecule has 0 amide bonds. The fourth-order valence-corrected chi connectivity index (χ4v) is 3.74. The third-order valence-corrected chi connectivity index (χ3v) is 5.16. The predicted octanol–water partition coefficient (Wildman–Crippen LogP) is 1.87. The average Bonchev–Trinajstić information content (AvgIpc) is 3.43. The maximum Gasteiger partial charge on any atom is 0.327 e. The van der Waals surface area contributed by atoms with Crippen LogP contribution in [0.1, 0.15) is 18.3 Å². The van der Waals surface area contributed by atoms with Crippen molar-refractivity contribution in [1.82, 2.24) is 40.1 Å². The minimum absolute atomic E-state index is 0.302. The molecule has 0 aliphatic carbocycles. The molecule has 0 aliphatic heterocycles. The first-order valence-electron chi connectivity index (χ1n) is 9.78. The summed E-state index contributed by atoms with van der Waals surface area (Å²) < 4.78 is 1.84. The molecule has 5 aromatic rings. The fraction of sp³-hybridized carbons (Fsp3) is 0.143. The number of aryl methyl sites for hydroxylation is 1. The molecule has 0 spiro atoms. The zero-order valence-electron chi connectivity index (χ0n) is 16.6. The number of aromatic amines is 3. The van der Waals surface area contributed by atoms with E-state index >= 15 is 0 Å². The summed E-state index contributed by atoms with van der Waals surface area (Å²) in [5.41, 5.74) is 3.54. The lowest BCUT2D eigenvalue weighted by Crippen LogP contribution is -2.23. The maximum atomic E-state index is 12.4. The first-order valence-corrected chi connectivity index (χ1v) is 9.78. The average molecular weight is 414 g/mol.